The van der Waals surface area contributed by atoms with Gasteiger partial charge in [-0.15, -0.1) is 0 Å². The maximum absolute atomic E-state index is 4.39. The molecule has 2 rings (SSSR count). The largest absolute Gasteiger partial charge is 0.317 e. The highest BCUT2D eigenvalue weighted by molar-refractivity contribution is 5.01. The van der Waals surface area contributed by atoms with Gasteiger partial charge >= 0.3 is 0 Å². The van der Waals surface area contributed by atoms with Crippen molar-refractivity contribution in [1.29, 1.82) is 0 Å². The lowest BCUT2D eigenvalue weighted by molar-refractivity contribution is 0.186. The van der Waals surface area contributed by atoms with Crippen molar-refractivity contribution in [2.24, 2.45) is 0 Å². The van der Waals surface area contributed by atoms with Crippen molar-refractivity contribution in [3.8, 4) is 0 Å². The predicted molar refractivity (Wildman–Crippen MR) is 70.0 cm³/mol. The molecule has 1 aromatic heterocycles. The Morgan fingerprint density at radius 1 is 1.47 bits per heavy atom. The number of rotatable bonds is 4. The van der Waals surface area contributed by atoms with Crippen molar-refractivity contribution >= 4 is 0 Å². The van der Waals surface area contributed by atoms with Gasteiger partial charge in [0.05, 0.1) is 5.69 Å². The second-order valence-electron chi connectivity index (χ2n) is 5.26. The molecule has 0 bridgehead atoms. The van der Waals surface area contributed by atoms with Crippen molar-refractivity contribution < 1.29 is 0 Å². The standard InChI is InChI=1S/C13H24N4/c1-11(2)17-13(6-9-15-17)10-16(3)12-4-7-14-8-5-12/h6,9,11-12,14H,4-5,7-8,10H2,1-3H3. The maximum atomic E-state index is 4.39. The van der Waals surface area contributed by atoms with E-state index in [0.717, 1.165) is 19.6 Å². The van der Waals surface area contributed by atoms with Crippen molar-refractivity contribution in [3.63, 3.8) is 0 Å². The summed E-state index contributed by atoms with van der Waals surface area (Å²) in [6, 6.07) is 3.30. The molecule has 1 aromatic rings. The van der Waals surface area contributed by atoms with Gasteiger partial charge < -0.3 is 5.32 Å². The van der Waals surface area contributed by atoms with Crippen molar-refractivity contribution in [1.82, 2.24) is 20.0 Å². The van der Waals surface area contributed by atoms with E-state index < -0.39 is 0 Å². The van der Waals surface area contributed by atoms with Crippen LogP contribution in [0.4, 0.5) is 0 Å². The van der Waals surface area contributed by atoms with Gasteiger partial charge in [-0.25, -0.2) is 0 Å². The summed E-state index contributed by atoms with van der Waals surface area (Å²) in [6.07, 6.45) is 4.42. The van der Waals surface area contributed by atoms with Gasteiger partial charge in [-0.2, -0.15) is 5.10 Å². The molecule has 1 saturated heterocycles. The summed E-state index contributed by atoms with van der Waals surface area (Å²) < 4.78 is 2.12. The number of hydrogen-bond acceptors (Lipinski definition) is 3. The summed E-state index contributed by atoms with van der Waals surface area (Å²) in [5, 5.41) is 7.81. The van der Waals surface area contributed by atoms with Gasteiger partial charge in [0.15, 0.2) is 0 Å². The maximum Gasteiger partial charge on any atom is 0.0527 e. The van der Waals surface area contributed by atoms with Crippen LogP contribution >= 0.6 is 0 Å². The van der Waals surface area contributed by atoms with Gasteiger partial charge in [-0.1, -0.05) is 0 Å². The Labute approximate surface area is 104 Å². The summed E-state index contributed by atoms with van der Waals surface area (Å²) in [4.78, 5) is 2.47. The van der Waals surface area contributed by atoms with Crippen LogP contribution in [0.1, 0.15) is 38.4 Å². The van der Waals surface area contributed by atoms with Crippen molar-refractivity contribution in [2.45, 2.75) is 45.3 Å². The third-order valence-electron chi connectivity index (χ3n) is 3.58. The number of aromatic nitrogens is 2. The van der Waals surface area contributed by atoms with Gasteiger partial charge in [0.2, 0.25) is 0 Å². The fraction of sp³-hybridized carbons (Fsp3) is 0.769. The van der Waals surface area contributed by atoms with Gasteiger partial charge in [0.25, 0.3) is 0 Å². The molecule has 0 amide bonds. The Morgan fingerprint density at radius 3 is 2.82 bits per heavy atom. The van der Waals surface area contributed by atoms with E-state index in [1.165, 1.54) is 18.5 Å². The quantitative estimate of drug-likeness (QED) is 0.863. The molecule has 4 nitrogen and oxygen atoms in total. The van der Waals surface area contributed by atoms with E-state index in [2.05, 4.69) is 47.0 Å². The Balaban J connectivity index is 1.97. The van der Waals surface area contributed by atoms with Crippen LogP contribution in [-0.2, 0) is 6.54 Å². The normalized spacial score (nSPS) is 18.2. The average Bonchev–Trinajstić information content (AvgIpc) is 2.78. The molecular formula is C13H24N4. The zero-order chi connectivity index (χ0) is 12.3. The molecule has 0 aliphatic carbocycles. The number of piperidine rings is 1. The summed E-state index contributed by atoms with van der Waals surface area (Å²) in [6.45, 7) is 7.67. The first kappa shape index (κ1) is 12.6. The fourth-order valence-electron chi connectivity index (χ4n) is 2.56. The van der Waals surface area contributed by atoms with E-state index in [1.807, 2.05) is 6.20 Å². The van der Waals surface area contributed by atoms with Gasteiger partial charge in [0.1, 0.15) is 0 Å². The van der Waals surface area contributed by atoms with Crippen LogP contribution < -0.4 is 5.32 Å². The van der Waals surface area contributed by atoms with Crippen LogP contribution in [-0.4, -0.2) is 40.9 Å². The molecule has 4 heteroatoms. The third kappa shape index (κ3) is 3.07. The summed E-state index contributed by atoms with van der Waals surface area (Å²) in [5.41, 5.74) is 1.32. The molecule has 0 aromatic carbocycles. The Bertz CT molecular complexity index is 339. The monoisotopic (exact) mass is 236 g/mol. The first-order valence-electron chi connectivity index (χ1n) is 6.62. The molecule has 0 spiro atoms. The Morgan fingerprint density at radius 2 is 2.18 bits per heavy atom. The summed E-state index contributed by atoms with van der Waals surface area (Å²) >= 11 is 0. The molecule has 0 unspecified atom stereocenters. The van der Waals surface area contributed by atoms with Crippen LogP contribution in [0.3, 0.4) is 0 Å². The van der Waals surface area contributed by atoms with Crippen LogP contribution in [0.2, 0.25) is 0 Å². The van der Waals surface area contributed by atoms with Crippen LogP contribution in [0.25, 0.3) is 0 Å². The molecule has 1 fully saturated rings. The molecule has 1 aliphatic heterocycles. The topological polar surface area (TPSA) is 33.1 Å². The van der Waals surface area contributed by atoms with E-state index in [9.17, 15) is 0 Å². The lowest BCUT2D eigenvalue weighted by atomic mass is 10.1. The molecule has 0 radical (unpaired) electrons. The third-order valence-corrected chi connectivity index (χ3v) is 3.58. The molecule has 17 heavy (non-hydrogen) atoms. The second-order valence-corrected chi connectivity index (χ2v) is 5.26. The van der Waals surface area contributed by atoms with Crippen LogP contribution in [0.15, 0.2) is 12.3 Å². The minimum Gasteiger partial charge on any atom is -0.317 e. The zero-order valence-electron chi connectivity index (χ0n) is 11.2. The molecule has 1 aliphatic rings. The molecule has 0 saturated carbocycles. The van der Waals surface area contributed by atoms with Crippen LogP contribution in [0.5, 0.6) is 0 Å². The van der Waals surface area contributed by atoms with E-state index in [1.54, 1.807) is 0 Å². The highest BCUT2D eigenvalue weighted by Crippen LogP contribution is 2.15. The lowest BCUT2D eigenvalue weighted by Gasteiger charge is -2.31. The highest BCUT2D eigenvalue weighted by Gasteiger charge is 2.19. The van der Waals surface area contributed by atoms with Gasteiger partial charge in [-0.05, 0) is 52.9 Å². The number of nitrogens with zero attached hydrogens (tertiary/aromatic N) is 3. The molecular weight excluding hydrogens is 212 g/mol. The minimum atomic E-state index is 0.446. The zero-order valence-corrected chi connectivity index (χ0v) is 11.2. The highest BCUT2D eigenvalue weighted by atomic mass is 15.3. The molecule has 2 heterocycles. The SMILES string of the molecule is CC(C)n1nccc1CN(C)C1CCNCC1. The van der Waals surface area contributed by atoms with Crippen LogP contribution in [0, 0.1) is 0 Å². The first-order chi connectivity index (χ1) is 8.18. The number of hydrogen-bond donors (Lipinski definition) is 1. The Hall–Kier alpha value is -0.870. The van der Waals surface area contributed by atoms with E-state index in [-0.39, 0.29) is 0 Å². The van der Waals surface area contributed by atoms with E-state index in [0.29, 0.717) is 12.1 Å². The van der Waals surface area contributed by atoms with Crippen molar-refractivity contribution in [2.75, 3.05) is 20.1 Å². The smallest absolute Gasteiger partial charge is 0.0527 e. The van der Waals surface area contributed by atoms with Gasteiger partial charge in [-0.3, -0.25) is 9.58 Å². The number of nitrogens with one attached hydrogen (secondary N) is 1. The minimum absolute atomic E-state index is 0.446. The Kier molecular flexibility index (Phi) is 4.18. The van der Waals surface area contributed by atoms with Gasteiger partial charge in [0, 0.05) is 24.8 Å². The van der Waals surface area contributed by atoms with E-state index >= 15 is 0 Å². The molecule has 96 valence electrons. The molecule has 0 atom stereocenters. The fourth-order valence-corrected chi connectivity index (χ4v) is 2.56. The average molecular weight is 236 g/mol. The molecule has 1 N–H and O–H groups in total. The summed E-state index contributed by atoms with van der Waals surface area (Å²) in [7, 11) is 2.23. The lowest BCUT2D eigenvalue weighted by Crippen LogP contribution is -2.41. The second kappa shape index (κ2) is 5.65. The van der Waals surface area contributed by atoms with Crippen molar-refractivity contribution in [3.05, 3.63) is 18.0 Å². The van der Waals surface area contributed by atoms with E-state index in [4.69, 9.17) is 0 Å². The summed E-state index contributed by atoms with van der Waals surface area (Å²) in [5.74, 6) is 0. The first-order valence-corrected chi connectivity index (χ1v) is 6.62. The predicted octanol–water partition coefficient (Wildman–Crippen LogP) is 1.65.